The molecule has 2 aromatic carbocycles. The van der Waals surface area contributed by atoms with Crippen LogP contribution in [0, 0.1) is 0 Å². The molecule has 150 valence electrons. The van der Waals surface area contributed by atoms with Crippen molar-refractivity contribution in [2.24, 2.45) is 5.73 Å². The molecule has 4 rings (SSSR count). The number of amides is 1. The van der Waals surface area contributed by atoms with Gasteiger partial charge in [0.15, 0.2) is 6.10 Å². The summed E-state index contributed by atoms with van der Waals surface area (Å²) in [6.07, 6.45) is 0.320. The Morgan fingerprint density at radius 1 is 1.24 bits per heavy atom. The Hall–Kier alpha value is -2.45. The Morgan fingerprint density at radius 3 is 2.76 bits per heavy atom. The number of hydrogen-bond acceptors (Lipinski definition) is 4. The molecule has 0 saturated heterocycles. The molecule has 1 unspecified atom stereocenters. The molecule has 4 nitrogen and oxygen atoms in total. The Bertz CT molecular complexity index is 1070. The third kappa shape index (κ3) is 4.13. The zero-order valence-electron chi connectivity index (χ0n) is 15.0. The maximum Gasteiger partial charge on any atom is 0.387 e. The third-order valence-electron chi connectivity index (χ3n) is 4.63. The molecule has 1 amide bonds. The summed E-state index contributed by atoms with van der Waals surface area (Å²) in [5.41, 5.74) is 8.29. The SMILES string of the molecule is NC(=O)CCc1ccc2c(c1)C(c1ccc(Br)s1)Oc1cccc(OC(F)F)c1-2. The second-order valence-electron chi connectivity index (χ2n) is 6.54. The van der Waals surface area contributed by atoms with Gasteiger partial charge in [0, 0.05) is 12.0 Å². The molecule has 0 fully saturated rings. The highest BCUT2D eigenvalue weighted by atomic mass is 79.9. The van der Waals surface area contributed by atoms with Gasteiger partial charge in [0.1, 0.15) is 11.5 Å². The van der Waals surface area contributed by atoms with Gasteiger partial charge in [-0.2, -0.15) is 8.78 Å². The van der Waals surface area contributed by atoms with E-state index in [0.29, 0.717) is 17.7 Å². The average molecular weight is 480 g/mol. The summed E-state index contributed by atoms with van der Waals surface area (Å²) in [6, 6.07) is 14.4. The lowest BCUT2D eigenvalue weighted by Crippen LogP contribution is -2.16. The molecule has 1 aliphatic rings. The number of rotatable bonds is 6. The molecule has 1 atom stereocenters. The first kappa shape index (κ1) is 19.8. The van der Waals surface area contributed by atoms with Crippen molar-refractivity contribution in [3.05, 3.63) is 68.3 Å². The molecule has 0 spiro atoms. The number of benzene rings is 2. The average Bonchev–Trinajstić information content (AvgIpc) is 3.11. The van der Waals surface area contributed by atoms with Crippen LogP contribution in [0.4, 0.5) is 8.78 Å². The van der Waals surface area contributed by atoms with E-state index in [0.717, 1.165) is 25.4 Å². The number of primary amides is 1. The van der Waals surface area contributed by atoms with Gasteiger partial charge in [0.25, 0.3) is 0 Å². The summed E-state index contributed by atoms with van der Waals surface area (Å²) in [5, 5.41) is 0. The van der Waals surface area contributed by atoms with Crippen LogP contribution in [-0.2, 0) is 11.2 Å². The second-order valence-corrected chi connectivity index (χ2v) is 9.03. The highest BCUT2D eigenvalue weighted by Gasteiger charge is 2.31. The van der Waals surface area contributed by atoms with E-state index in [-0.39, 0.29) is 18.1 Å². The molecular weight excluding hydrogens is 464 g/mol. The number of aryl methyl sites for hydroxylation is 1. The van der Waals surface area contributed by atoms with Crippen molar-refractivity contribution in [2.75, 3.05) is 0 Å². The zero-order chi connectivity index (χ0) is 20.5. The molecular formula is C21H16BrF2NO3S. The number of carbonyl (C=O) groups excluding carboxylic acids is 1. The van der Waals surface area contributed by atoms with E-state index in [2.05, 4.69) is 15.9 Å². The van der Waals surface area contributed by atoms with Crippen LogP contribution >= 0.6 is 27.3 Å². The number of carbonyl (C=O) groups is 1. The van der Waals surface area contributed by atoms with Crippen molar-refractivity contribution in [1.29, 1.82) is 0 Å². The van der Waals surface area contributed by atoms with E-state index >= 15 is 0 Å². The largest absolute Gasteiger partial charge is 0.479 e. The van der Waals surface area contributed by atoms with Gasteiger partial charge in [0.2, 0.25) is 5.91 Å². The highest BCUT2D eigenvalue weighted by Crippen LogP contribution is 2.50. The summed E-state index contributed by atoms with van der Waals surface area (Å²) in [7, 11) is 0. The van der Waals surface area contributed by atoms with Gasteiger partial charge in [-0.05, 0) is 57.7 Å². The normalized spacial score (nSPS) is 14.8. The number of hydrogen-bond donors (Lipinski definition) is 1. The summed E-state index contributed by atoms with van der Waals surface area (Å²) in [6.45, 7) is -2.94. The molecule has 8 heteroatoms. The predicted molar refractivity (Wildman–Crippen MR) is 111 cm³/mol. The molecule has 0 saturated carbocycles. The summed E-state index contributed by atoms with van der Waals surface area (Å²) < 4.78 is 37.8. The number of alkyl halides is 2. The Balaban J connectivity index is 1.85. The lowest BCUT2D eigenvalue weighted by molar-refractivity contribution is -0.118. The number of ether oxygens (including phenoxy) is 2. The fourth-order valence-electron chi connectivity index (χ4n) is 3.42. The monoisotopic (exact) mass is 479 g/mol. The molecule has 0 bridgehead atoms. The van der Waals surface area contributed by atoms with Crippen molar-refractivity contribution in [3.8, 4) is 22.6 Å². The molecule has 3 aromatic rings. The van der Waals surface area contributed by atoms with E-state index in [1.807, 2.05) is 30.3 Å². The summed E-state index contributed by atoms with van der Waals surface area (Å²) in [5.74, 6) is 0.167. The Kier molecular flexibility index (Phi) is 5.56. The van der Waals surface area contributed by atoms with Crippen LogP contribution in [0.2, 0.25) is 0 Å². The van der Waals surface area contributed by atoms with E-state index in [9.17, 15) is 13.6 Å². The van der Waals surface area contributed by atoms with Gasteiger partial charge >= 0.3 is 6.61 Å². The molecule has 1 aromatic heterocycles. The molecule has 2 N–H and O–H groups in total. The first-order valence-corrected chi connectivity index (χ1v) is 10.4. The van der Waals surface area contributed by atoms with Gasteiger partial charge in [-0.3, -0.25) is 4.79 Å². The van der Waals surface area contributed by atoms with Gasteiger partial charge in [-0.15, -0.1) is 11.3 Å². The summed E-state index contributed by atoms with van der Waals surface area (Å²) >= 11 is 5.01. The molecule has 0 radical (unpaired) electrons. The molecule has 1 aliphatic heterocycles. The Morgan fingerprint density at radius 2 is 2.07 bits per heavy atom. The predicted octanol–water partition coefficient (Wildman–Crippen LogP) is 5.68. The van der Waals surface area contributed by atoms with Crippen molar-refractivity contribution in [1.82, 2.24) is 0 Å². The minimum Gasteiger partial charge on any atom is -0.479 e. The van der Waals surface area contributed by atoms with Crippen LogP contribution in [0.15, 0.2) is 52.3 Å². The van der Waals surface area contributed by atoms with Crippen LogP contribution in [0.25, 0.3) is 11.1 Å². The van der Waals surface area contributed by atoms with E-state index < -0.39 is 12.7 Å². The number of thiophene rings is 1. The maximum absolute atomic E-state index is 12.9. The minimum atomic E-state index is -2.94. The van der Waals surface area contributed by atoms with Crippen molar-refractivity contribution in [2.45, 2.75) is 25.6 Å². The zero-order valence-corrected chi connectivity index (χ0v) is 17.4. The number of halogens is 3. The topological polar surface area (TPSA) is 61.6 Å². The first-order chi connectivity index (χ1) is 13.9. The van der Waals surface area contributed by atoms with Crippen LogP contribution in [0.5, 0.6) is 11.5 Å². The van der Waals surface area contributed by atoms with Crippen LogP contribution in [0.1, 0.15) is 28.5 Å². The number of nitrogens with two attached hydrogens (primary N) is 1. The highest BCUT2D eigenvalue weighted by molar-refractivity contribution is 9.11. The van der Waals surface area contributed by atoms with Crippen molar-refractivity contribution >= 4 is 33.2 Å². The number of fused-ring (bicyclic) bond motifs is 3. The van der Waals surface area contributed by atoms with Gasteiger partial charge in [0.05, 0.1) is 14.2 Å². The fraction of sp³-hybridized carbons (Fsp3) is 0.190. The lowest BCUT2D eigenvalue weighted by atomic mass is 9.89. The van der Waals surface area contributed by atoms with Gasteiger partial charge < -0.3 is 15.2 Å². The molecule has 2 heterocycles. The van der Waals surface area contributed by atoms with E-state index in [1.54, 1.807) is 12.1 Å². The second kappa shape index (κ2) is 8.12. The van der Waals surface area contributed by atoms with Crippen LogP contribution in [-0.4, -0.2) is 12.5 Å². The van der Waals surface area contributed by atoms with Gasteiger partial charge in [-0.1, -0.05) is 24.3 Å². The third-order valence-corrected chi connectivity index (χ3v) is 6.30. The molecule has 0 aliphatic carbocycles. The Labute approximate surface area is 178 Å². The maximum atomic E-state index is 12.9. The first-order valence-electron chi connectivity index (χ1n) is 8.83. The smallest absolute Gasteiger partial charge is 0.387 e. The standard InChI is InChI=1S/C21H16BrF2NO3S/c22-17-8-7-16(29-17)20-13-10-11(5-9-18(25)26)4-6-12(13)19-14(27-20)2-1-3-15(19)28-21(23)24/h1-4,6-8,10,20-21H,5,9H2,(H2,25,26). The van der Waals surface area contributed by atoms with Crippen LogP contribution < -0.4 is 15.2 Å². The van der Waals surface area contributed by atoms with Gasteiger partial charge in [-0.25, -0.2) is 0 Å². The van der Waals surface area contributed by atoms with Crippen molar-refractivity contribution < 1.29 is 23.0 Å². The summed E-state index contributed by atoms with van der Waals surface area (Å²) in [4.78, 5) is 12.1. The van der Waals surface area contributed by atoms with E-state index in [4.69, 9.17) is 15.2 Å². The quantitative estimate of drug-likeness (QED) is 0.494. The fourth-order valence-corrected chi connectivity index (χ4v) is 4.89. The molecule has 29 heavy (non-hydrogen) atoms. The lowest BCUT2D eigenvalue weighted by Gasteiger charge is -2.30. The van der Waals surface area contributed by atoms with Crippen molar-refractivity contribution in [3.63, 3.8) is 0 Å². The minimum absolute atomic E-state index is 0.0643. The van der Waals surface area contributed by atoms with E-state index in [1.165, 1.54) is 17.4 Å². The van der Waals surface area contributed by atoms with Crippen LogP contribution in [0.3, 0.4) is 0 Å².